The first kappa shape index (κ1) is 25.5. The van der Waals surface area contributed by atoms with Gasteiger partial charge in [-0.2, -0.15) is 0 Å². The molecule has 0 fully saturated rings. The molecule has 0 bridgehead atoms. The van der Waals surface area contributed by atoms with E-state index in [9.17, 15) is 0 Å². The van der Waals surface area contributed by atoms with Crippen molar-refractivity contribution < 1.29 is 19.8 Å². The van der Waals surface area contributed by atoms with Gasteiger partial charge in [0.2, 0.25) is 0 Å². The van der Waals surface area contributed by atoms with Crippen molar-refractivity contribution in [3.05, 3.63) is 0 Å². The molecule has 43 valence electrons. The summed E-state index contributed by atoms with van der Waals surface area (Å²) in [6.45, 7) is 0. The molecule has 0 saturated carbocycles. The molecule has 0 aliphatic rings. The van der Waals surface area contributed by atoms with Crippen molar-refractivity contribution >= 4 is 37.2 Å². The van der Waals surface area contributed by atoms with Crippen molar-refractivity contribution in [1.82, 2.24) is 0 Å². The second kappa shape index (κ2) is 30.5. The molecule has 0 aromatic carbocycles. The van der Waals surface area contributed by atoms with E-state index in [4.69, 9.17) is 0 Å². The predicted octanol–water partition coefficient (Wildman–Crippen LogP) is 2.43. The van der Waals surface area contributed by atoms with Gasteiger partial charge in [0.15, 0.2) is 0 Å². The summed E-state index contributed by atoms with van der Waals surface area (Å²) in [6, 6.07) is 0. The van der Waals surface area contributed by atoms with Crippen molar-refractivity contribution in [3.8, 4) is 0 Å². The Balaban J connectivity index is -0.00000000667. The summed E-state index contributed by atoms with van der Waals surface area (Å²) >= 11 is 0.350. The Morgan fingerprint density at radius 3 is 0.833 bits per heavy atom. The average molecular weight is 232 g/mol. The zero-order chi connectivity index (χ0) is 2.71. The molecular weight excluding hydrogens is 223 g/mol. The minimum atomic E-state index is 0. The van der Waals surface area contributed by atoms with E-state index < -0.39 is 0 Å². The number of rotatable bonds is 0. The van der Waals surface area contributed by atoms with Crippen LogP contribution in [0.1, 0.15) is 0 Å². The second-order valence-corrected chi connectivity index (χ2v) is 2.65. The van der Waals surface area contributed by atoms with E-state index in [1.165, 1.54) is 0 Å². The van der Waals surface area contributed by atoms with Crippen LogP contribution < -0.4 is 0 Å². The van der Waals surface area contributed by atoms with Crippen molar-refractivity contribution in [1.29, 1.82) is 0 Å². The molecule has 0 rings (SSSR count). The zero-order valence-corrected chi connectivity index (χ0v) is 8.32. The van der Waals surface area contributed by atoms with E-state index in [2.05, 4.69) is 10.3 Å². The summed E-state index contributed by atoms with van der Waals surface area (Å²) in [4.78, 5) is 0. The standard InChI is InChI=1S/2CH3.3ClH.Nb/h2*1H3;3*1H;. The quantitative estimate of drug-likeness (QED) is 0.563. The van der Waals surface area contributed by atoms with Gasteiger partial charge in [0.1, 0.15) is 0 Å². The first-order valence-electron chi connectivity index (χ1n) is 0.894. The van der Waals surface area contributed by atoms with Crippen LogP contribution in [0.2, 0.25) is 10.3 Å². The monoisotopic (exact) mass is 231 g/mol. The van der Waals surface area contributed by atoms with Crippen molar-refractivity contribution in [2.45, 2.75) is 10.3 Å². The number of hydrogen-bond acceptors (Lipinski definition) is 0. The van der Waals surface area contributed by atoms with E-state index in [0.29, 0.717) is 19.8 Å². The molecule has 0 radical (unpaired) electrons. The van der Waals surface area contributed by atoms with Gasteiger partial charge in [-0.25, -0.2) is 0 Å². The summed E-state index contributed by atoms with van der Waals surface area (Å²) in [5, 5.41) is 4.55. The van der Waals surface area contributed by atoms with Crippen molar-refractivity contribution in [3.63, 3.8) is 0 Å². The van der Waals surface area contributed by atoms with Crippen LogP contribution in [0, 0.1) is 0 Å². The maximum absolute atomic E-state index is 2.28. The molecular formula is C2H9Cl3Nb. The molecule has 0 N–H and O–H groups in total. The third-order valence-electron chi connectivity index (χ3n) is 0. The van der Waals surface area contributed by atoms with Crippen LogP contribution in [-0.4, -0.2) is 0 Å². The van der Waals surface area contributed by atoms with E-state index in [1.54, 1.807) is 0 Å². The van der Waals surface area contributed by atoms with Crippen LogP contribution in [0.15, 0.2) is 0 Å². The molecule has 0 aliphatic heterocycles. The van der Waals surface area contributed by atoms with Crippen LogP contribution >= 0.6 is 37.2 Å². The van der Waals surface area contributed by atoms with E-state index in [-0.39, 0.29) is 37.2 Å². The Morgan fingerprint density at radius 2 is 0.833 bits per heavy atom. The SMILES string of the molecule is Cl.Cl.Cl.[CH3][Nb][CH3]. The van der Waals surface area contributed by atoms with Gasteiger partial charge in [0.05, 0.1) is 0 Å². The molecule has 0 aliphatic carbocycles. The third kappa shape index (κ3) is 46.0. The summed E-state index contributed by atoms with van der Waals surface area (Å²) in [5.74, 6) is 0. The molecule has 0 heterocycles. The Hall–Kier alpha value is 1.61. The Bertz CT molecular complexity index is 8.75. The molecule has 0 atom stereocenters. The fourth-order valence-corrected chi connectivity index (χ4v) is 0. The number of hydrogen-bond donors (Lipinski definition) is 0. The number of halogens is 3. The van der Waals surface area contributed by atoms with E-state index in [0.717, 1.165) is 0 Å². The van der Waals surface area contributed by atoms with Gasteiger partial charge < -0.3 is 0 Å². The molecule has 0 unspecified atom stereocenters. The third-order valence-corrected chi connectivity index (χ3v) is 0. The van der Waals surface area contributed by atoms with Gasteiger partial charge in [-0.1, -0.05) is 0 Å². The molecule has 0 saturated heterocycles. The zero-order valence-electron chi connectivity index (χ0n) is 3.67. The molecule has 0 nitrogen and oxygen atoms in total. The summed E-state index contributed by atoms with van der Waals surface area (Å²) < 4.78 is 0. The van der Waals surface area contributed by atoms with Crippen LogP contribution in [0.25, 0.3) is 0 Å². The van der Waals surface area contributed by atoms with Gasteiger partial charge >= 0.3 is 30.0 Å². The predicted molar refractivity (Wildman–Crippen MR) is 33.5 cm³/mol. The Morgan fingerprint density at radius 1 is 0.833 bits per heavy atom. The topological polar surface area (TPSA) is 0 Å². The molecule has 0 aromatic heterocycles. The fraction of sp³-hybridized carbons (Fsp3) is 1.00. The van der Waals surface area contributed by atoms with Gasteiger partial charge in [-0.15, -0.1) is 37.2 Å². The van der Waals surface area contributed by atoms with Crippen molar-refractivity contribution in [2.75, 3.05) is 0 Å². The van der Waals surface area contributed by atoms with E-state index >= 15 is 0 Å². The average Bonchev–Trinajstić information content (AvgIpc) is 0.918. The minimum absolute atomic E-state index is 0. The molecule has 4 heteroatoms. The molecule has 6 heavy (non-hydrogen) atoms. The second-order valence-electron chi connectivity index (χ2n) is 0.447. The normalized spacial score (nSPS) is 2.33. The maximum atomic E-state index is 2.28. The molecule has 0 aromatic rings. The van der Waals surface area contributed by atoms with Gasteiger partial charge in [-0.05, 0) is 0 Å². The van der Waals surface area contributed by atoms with Crippen LogP contribution in [0.4, 0.5) is 0 Å². The van der Waals surface area contributed by atoms with Crippen molar-refractivity contribution in [2.24, 2.45) is 0 Å². The fourth-order valence-electron chi connectivity index (χ4n) is 0. The van der Waals surface area contributed by atoms with Crippen LogP contribution in [0.5, 0.6) is 0 Å². The Kier molecular flexibility index (Phi) is 130. The molecule has 0 spiro atoms. The first-order chi connectivity index (χ1) is 1.41. The Labute approximate surface area is 67.0 Å². The summed E-state index contributed by atoms with van der Waals surface area (Å²) in [7, 11) is 0. The molecule has 0 amide bonds. The van der Waals surface area contributed by atoms with Gasteiger partial charge in [0, 0.05) is 0 Å². The van der Waals surface area contributed by atoms with Crippen LogP contribution in [-0.2, 0) is 19.8 Å². The van der Waals surface area contributed by atoms with Gasteiger partial charge in [-0.3, -0.25) is 0 Å². The summed E-state index contributed by atoms with van der Waals surface area (Å²) in [6.07, 6.45) is 0. The first-order valence-corrected chi connectivity index (χ1v) is 5.29. The van der Waals surface area contributed by atoms with E-state index in [1.807, 2.05) is 0 Å². The van der Waals surface area contributed by atoms with Gasteiger partial charge in [0.25, 0.3) is 0 Å². The summed E-state index contributed by atoms with van der Waals surface area (Å²) in [5.41, 5.74) is 0. The van der Waals surface area contributed by atoms with Crippen LogP contribution in [0.3, 0.4) is 0 Å².